The van der Waals surface area contributed by atoms with Gasteiger partial charge >= 0.3 is 0 Å². The van der Waals surface area contributed by atoms with E-state index in [9.17, 15) is 13.5 Å². The Balaban J connectivity index is 1.97. The molecule has 2 rings (SSSR count). The fraction of sp³-hybridized carbons (Fsp3) is 0.438. The number of nitrogens with zero attached hydrogens (tertiary/aromatic N) is 1. The normalized spacial score (nSPS) is 12.5. The van der Waals surface area contributed by atoms with E-state index in [2.05, 4.69) is 4.98 Å². The number of rotatable bonds is 7. The summed E-state index contributed by atoms with van der Waals surface area (Å²) in [7, 11) is -3.24. The third-order valence-electron chi connectivity index (χ3n) is 3.19. The van der Waals surface area contributed by atoms with Crippen molar-refractivity contribution in [1.82, 2.24) is 4.98 Å². The quantitative estimate of drug-likeness (QED) is 0.842. The molecule has 6 heteroatoms. The zero-order valence-electron chi connectivity index (χ0n) is 12.8. The van der Waals surface area contributed by atoms with Crippen LogP contribution in [0.15, 0.2) is 35.7 Å². The molecule has 0 fully saturated rings. The predicted octanol–water partition coefficient (Wildman–Crippen LogP) is 2.81. The third kappa shape index (κ3) is 5.87. The van der Waals surface area contributed by atoms with E-state index in [4.69, 9.17) is 0 Å². The molecule has 0 bridgehead atoms. The van der Waals surface area contributed by atoms with Crippen LogP contribution >= 0.6 is 11.3 Å². The Morgan fingerprint density at radius 1 is 1.23 bits per heavy atom. The van der Waals surface area contributed by atoms with Crippen LogP contribution < -0.4 is 0 Å². The minimum absolute atomic E-state index is 0.0257. The first kappa shape index (κ1) is 17.1. The van der Waals surface area contributed by atoms with Crippen LogP contribution in [0.5, 0.6) is 0 Å². The molecule has 0 saturated carbocycles. The number of aromatic nitrogens is 1. The summed E-state index contributed by atoms with van der Waals surface area (Å²) < 4.78 is 24.1. The van der Waals surface area contributed by atoms with Crippen molar-refractivity contribution in [1.29, 1.82) is 0 Å². The number of thiazole rings is 1. The lowest BCUT2D eigenvalue weighted by Gasteiger charge is -2.16. The maximum atomic E-state index is 12.1. The molecule has 1 N–H and O–H groups in total. The Morgan fingerprint density at radius 3 is 2.55 bits per heavy atom. The fourth-order valence-electron chi connectivity index (χ4n) is 1.97. The van der Waals surface area contributed by atoms with Gasteiger partial charge in [0.05, 0.1) is 27.8 Å². The van der Waals surface area contributed by atoms with Crippen molar-refractivity contribution < 1.29 is 13.5 Å². The lowest BCUT2D eigenvalue weighted by molar-refractivity contribution is 0.0772. The Morgan fingerprint density at radius 2 is 1.91 bits per heavy atom. The molecule has 0 unspecified atom stereocenters. The van der Waals surface area contributed by atoms with Gasteiger partial charge in [-0.15, -0.1) is 11.3 Å². The summed E-state index contributed by atoms with van der Waals surface area (Å²) >= 11 is 1.48. The Kier molecular flexibility index (Phi) is 5.36. The largest absolute Gasteiger partial charge is 0.390 e. The van der Waals surface area contributed by atoms with Gasteiger partial charge < -0.3 is 5.11 Å². The number of hydrogen-bond donors (Lipinski definition) is 1. The molecule has 0 atom stereocenters. The number of sulfone groups is 1. The van der Waals surface area contributed by atoms with Crippen LogP contribution in [0, 0.1) is 0 Å². The smallest absolute Gasteiger partial charge is 0.156 e. The van der Waals surface area contributed by atoms with Crippen LogP contribution in [0.3, 0.4) is 0 Å². The van der Waals surface area contributed by atoms with Crippen molar-refractivity contribution in [3.05, 3.63) is 52.0 Å². The van der Waals surface area contributed by atoms with Crippen LogP contribution in [-0.2, 0) is 22.0 Å². The number of benzene rings is 1. The molecule has 0 aliphatic heterocycles. The molecule has 1 aromatic carbocycles. The summed E-state index contributed by atoms with van der Waals surface area (Å²) in [5.41, 5.74) is 0.785. The van der Waals surface area contributed by atoms with Gasteiger partial charge in [-0.05, 0) is 25.8 Å². The van der Waals surface area contributed by atoms with Crippen molar-refractivity contribution in [2.24, 2.45) is 0 Å². The van der Waals surface area contributed by atoms with Crippen LogP contribution in [-0.4, -0.2) is 29.9 Å². The lowest BCUT2D eigenvalue weighted by Crippen LogP contribution is -2.24. The minimum atomic E-state index is -3.24. The summed E-state index contributed by atoms with van der Waals surface area (Å²) in [6.45, 7) is 3.23. The van der Waals surface area contributed by atoms with Gasteiger partial charge in [0, 0.05) is 11.8 Å². The molecule has 2 aromatic rings. The molecule has 0 aliphatic carbocycles. The minimum Gasteiger partial charge on any atom is -0.390 e. The van der Waals surface area contributed by atoms with Crippen molar-refractivity contribution in [2.45, 2.75) is 38.0 Å². The highest BCUT2D eigenvalue weighted by molar-refractivity contribution is 7.90. The summed E-state index contributed by atoms with van der Waals surface area (Å²) in [6, 6.07) is 9.98. The van der Waals surface area contributed by atoms with E-state index in [1.807, 2.05) is 30.3 Å². The van der Waals surface area contributed by atoms with E-state index in [0.29, 0.717) is 5.69 Å². The molecule has 0 amide bonds. The maximum absolute atomic E-state index is 12.1. The van der Waals surface area contributed by atoms with Gasteiger partial charge in [0.25, 0.3) is 0 Å². The zero-order valence-corrected chi connectivity index (χ0v) is 14.5. The molecule has 4 nitrogen and oxygen atoms in total. The average Bonchev–Trinajstić information content (AvgIpc) is 2.83. The van der Waals surface area contributed by atoms with Crippen molar-refractivity contribution in [3.63, 3.8) is 0 Å². The Hall–Kier alpha value is -1.24. The molecule has 22 heavy (non-hydrogen) atoms. The SMILES string of the molecule is CC(C)(O)CCS(=O)(=O)Cc1csc(Cc2ccccc2)n1. The highest BCUT2D eigenvalue weighted by Crippen LogP contribution is 2.18. The number of hydrogen-bond acceptors (Lipinski definition) is 5. The standard InChI is InChI=1S/C16H21NO3S2/c1-16(2,18)8-9-22(19,20)12-14-11-21-15(17-14)10-13-6-4-3-5-7-13/h3-7,11,18H,8-10,12H2,1-2H3. The molecule has 0 radical (unpaired) electrons. The highest BCUT2D eigenvalue weighted by atomic mass is 32.2. The van der Waals surface area contributed by atoms with Gasteiger partial charge in [-0.25, -0.2) is 13.4 Å². The molecule has 1 aromatic heterocycles. The van der Waals surface area contributed by atoms with Crippen LogP contribution in [0.4, 0.5) is 0 Å². The first-order valence-electron chi connectivity index (χ1n) is 7.13. The molecule has 0 aliphatic rings. The van der Waals surface area contributed by atoms with Gasteiger partial charge in [-0.1, -0.05) is 30.3 Å². The van der Waals surface area contributed by atoms with Crippen LogP contribution in [0.25, 0.3) is 0 Å². The van der Waals surface area contributed by atoms with Crippen molar-refractivity contribution in [3.8, 4) is 0 Å². The molecule has 1 heterocycles. The van der Waals surface area contributed by atoms with Gasteiger partial charge in [-0.3, -0.25) is 0 Å². The monoisotopic (exact) mass is 339 g/mol. The molecular weight excluding hydrogens is 318 g/mol. The van der Waals surface area contributed by atoms with Gasteiger partial charge in [0.15, 0.2) is 9.84 Å². The number of aliphatic hydroxyl groups is 1. The first-order valence-corrected chi connectivity index (χ1v) is 9.84. The summed E-state index contributed by atoms with van der Waals surface area (Å²) in [6.07, 6.45) is 0.950. The zero-order chi connectivity index (χ0) is 16.2. The predicted molar refractivity (Wildman–Crippen MR) is 89.8 cm³/mol. The fourth-order valence-corrected chi connectivity index (χ4v) is 4.46. The summed E-state index contributed by atoms with van der Waals surface area (Å²) in [5, 5.41) is 12.4. The molecule has 0 spiro atoms. The van der Waals surface area contributed by atoms with E-state index in [1.54, 1.807) is 19.2 Å². The van der Waals surface area contributed by atoms with Crippen molar-refractivity contribution in [2.75, 3.05) is 5.75 Å². The first-order chi connectivity index (χ1) is 10.2. The van der Waals surface area contributed by atoms with E-state index in [-0.39, 0.29) is 17.9 Å². The second-order valence-corrected chi connectivity index (χ2v) is 9.18. The van der Waals surface area contributed by atoms with E-state index >= 15 is 0 Å². The van der Waals surface area contributed by atoms with E-state index in [0.717, 1.165) is 17.0 Å². The van der Waals surface area contributed by atoms with Gasteiger partial charge in [-0.2, -0.15) is 0 Å². The van der Waals surface area contributed by atoms with Gasteiger partial charge in [0.2, 0.25) is 0 Å². The second-order valence-electron chi connectivity index (χ2n) is 6.05. The van der Waals surface area contributed by atoms with Gasteiger partial charge in [0.1, 0.15) is 0 Å². The average molecular weight is 339 g/mol. The topological polar surface area (TPSA) is 67.3 Å². The van der Waals surface area contributed by atoms with E-state index < -0.39 is 15.4 Å². The van der Waals surface area contributed by atoms with Crippen LogP contribution in [0.2, 0.25) is 0 Å². The Labute approximate surface area is 135 Å². The summed E-state index contributed by atoms with van der Waals surface area (Å²) in [5.74, 6) is -0.0869. The lowest BCUT2D eigenvalue weighted by atomic mass is 10.1. The van der Waals surface area contributed by atoms with Crippen LogP contribution in [0.1, 0.15) is 36.5 Å². The highest BCUT2D eigenvalue weighted by Gasteiger charge is 2.20. The summed E-state index contributed by atoms with van der Waals surface area (Å²) in [4.78, 5) is 4.41. The molecule has 0 saturated heterocycles. The molecule has 120 valence electrons. The molecular formula is C16H21NO3S2. The maximum Gasteiger partial charge on any atom is 0.156 e. The Bertz CT molecular complexity index is 700. The third-order valence-corrected chi connectivity index (χ3v) is 5.65. The van der Waals surface area contributed by atoms with Crippen molar-refractivity contribution >= 4 is 21.2 Å². The van der Waals surface area contributed by atoms with E-state index in [1.165, 1.54) is 11.3 Å². The second kappa shape index (κ2) is 6.89.